The molecule has 0 atom stereocenters. The summed E-state index contributed by atoms with van der Waals surface area (Å²) in [7, 11) is -0.452. The standard InChI is InChI=1S/C17H22N4O3S/c1-13-6-5-9-18-16(13)19-10-11-20-25(23,24)15-8-4-7-14(12-15)17(22)21(2)3/h4-9,12,20H,10-11H2,1-3H3,(H,18,19). The van der Waals surface area contributed by atoms with Gasteiger partial charge < -0.3 is 10.2 Å². The molecule has 8 heteroatoms. The van der Waals surface area contributed by atoms with Gasteiger partial charge in [-0.15, -0.1) is 0 Å². The number of nitrogens with zero attached hydrogens (tertiary/aromatic N) is 2. The number of carbonyl (C=O) groups excluding carboxylic acids is 1. The maximum atomic E-state index is 12.4. The fourth-order valence-corrected chi connectivity index (χ4v) is 3.25. The quantitative estimate of drug-likeness (QED) is 0.728. The van der Waals surface area contributed by atoms with Crippen LogP contribution in [0, 0.1) is 6.92 Å². The van der Waals surface area contributed by atoms with E-state index < -0.39 is 10.0 Å². The Hall–Kier alpha value is -2.45. The molecule has 0 unspecified atom stereocenters. The number of carbonyl (C=O) groups is 1. The van der Waals surface area contributed by atoms with Gasteiger partial charge >= 0.3 is 0 Å². The molecule has 7 nitrogen and oxygen atoms in total. The largest absolute Gasteiger partial charge is 0.369 e. The van der Waals surface area contributed by atoms with Crippen molar-refractivity contribution in [2.24, 2.45) is 0 Å². The summed E-state index contributed by atoms with van der Waals surface area (Å²) in [4.78, 5) is 17.6. The van der Waals surface area contributed by atoms with Crippen molar-refractivity contribution in [1.29, 1.82) is 0 Å². The summed E-state index contributed by atoms with van der Waals surface area (Å²) in [5.41, 5.74) is 1.32. The van der Waals surface area contributed by atoms with Crippen molar-refractivity contribution in [3.05, 3.63) is 53.7 Å². The number of pyridine rings is 1. The van der Waals surface area contributed by atoms with Crippen LogP contribution in [-0.2, 0) is 10.0 Å². The van der Waals surface area contributed by atoms with Crippen molar-refractivity contribution >= 4 is 21.7 Å². The van der Waals surface area contributed by atoms with Gasteiger partial charge in [0.05, 0.1) is 4.90 Å². The molecule has 2 N–H and O–H groups in total. The smallest absolute Gasteiger partial charge is 0.253 e. The second-order valence-electron chi connectivity index (χ2n) is 5.72. The van der Waals surface area contributed by atoms with Crippen molar-refractivity contribution in [3.8, 4) is 0 Å². The second-order valence-corrected chi connectivity index (χ2v) is 7.49. The van der Waals surface area contributed by atoms with E-state index in [1.54, 1.807) is 32.4 Å². The Morgan fingerprint density at radius 2 is 1.92 bits per heavy atom. The maximum absolute atomic E-state index is 12.4. The van der Waals surface area contributed by atoms with Gasteiger partial charge in [-0.3, -0.25) is 4.79 Å². The van der Waals surface area contributed by atoms with Gasteiger partial charge in [0.1, 0.15) is 5.82 Å². The topological polar surface area (TPSA) is 91.4 Å². The van der Waals surface area contributed by atoms with Crippen LogP contribution in [0.2, 0.25) is 0 Å². The molecule has 0 bridgehead atoms. The third-order valence-corrected chi connectivity index (χ3v) is 4.98. The van der Waals surface area contributed by atoms with Gasteiger partial charge in [0.15, 0.2) is 0 Å². The molecule has 1 heterocycles. The summed E-state index contributed by atoms with van der Waals surface area (Å²) in [6.45, 7) is 2.52. The van der Waals surface area contributed by atoms with Crippen LogP contribution in [0.15, 0.2) is 47.5 Å². The van der Waals surface area contributed by atoms with E-state index in [1.165, 1.54) is 17.0 Å². The van der Waals surface area contributed by atoms with Crippen molar-refractivity contribution in [1.82, 2.24) is 14.6 Å². The van der Waals surface area contributed by atoms with Gasteiger partial charge in [-0.2, -0.15) is 0 Å². The summed E-state index contributed by atoms with van der Waals surface area (Å²) in [6.07, 6.45) is 1.67. The van der Waals surface area contributed by atoms with E-state index in [0.717, 1.165) is 11.4 Å². The van der Waals surface area contributed by atoms with Gasteiger partial charge in [0.25, 0.3) is 5.91 Å². The highest BCUT2D eigenvalue weighted by Crippen LogP contribution is 2.13. The molecule has 1 aromatic carbocycles. The Balaban J connectivity index is 1.99. The molecule has 0 aliphatic rings. The van der Waals surface area contributed by atoms with Crippen LogP contribution in [0.25, 0.3) is 0 Å². The van der Waals surface area contributed by atoms with Crippen molar-refractivity contribution in [2.75, 3.05) is 32.5 Å². The number of aryl methyl sites for hydroxylation is 1. The Morgan fingerprint density at radius 3 is 2.60 bits per heavy atom. The van der Waals surface area contributed by atoms with Crippen LogP contribution < -0.4 is 10.0 Å². The first-order chi connectivity index (χ1) is 11.8. The second kappa shape index (κ2) is 8.09. The lowest BCUT2D eigenvalue weighted by molar-refractivity contribution is 0.0827. The molecule has 0 aliphatic heterocycles. The average Bonchev–Trinajstić information content (AvgIpc) is 2.59. The Morgan fingerprint density at radius 1 is 1.16 bits per heavy atom. The van der Waals surface area contributed by atoms with E-state index in [2.05, 4.69) is 15.0 Å². The minimum Gasteiger partial charge on any atom is -0.369 e. The van der Waals surface area contributed by atoms with Gasteiger partial charge in [0.2, 0.25) is 10.0 Å². The fourth-order valence-electron chi connectivity index (χ4n) is 2.17. The summed E-state index contributed by atoms with van der Waals surface area (Å²) in [5.74, 6) is 0.476. The Bertz CT molecular complexity index is 850. The van der Waals surface area contributed by atoms with Crippen molar-refractivity contribution in [2.45, 2.75) is 11.8 Å². The van der Waals surface area contributed by atoms with E-state index >= 15 is 0 Å². The van der Waals surface area contributed by atoms with E-state index in [-0.39, 0.29) is 17.3 Å². The molecule has 0 aliphatic carbocycles. The molecule has 1 aromatic heterocycles. The molecule has 1 amide bonds. The first kappa shape index (κ1) is 18.9. The predicted octanol–water partition coefficient (Wildman–Crippen LogP) is 1.48. The van der Waals surface area contributed by atoms with Crippen LogP contribution in [0.5, 0.6) is 0 Å². The van der Waals surface area contributed by atoms with E-state index in [0.29, 0.717) is 12.1 Å². The number of benzene rings is 1. The Labute approximate surface area is 148 Å². The number of sulfonamides is 1. The zero-order chi connectivity index (χ0) is 18.4. The number of amides is 1. The fraction of sp³-hybridized carbons (Fsp3) is 0.294. The van der Waals surface area contributed by atoms with E-state index in [9.17, 15) is 13.2 Å². The van der Waals surface area contributed by atoms with Crippen molar-refractivity contribution in [3.63, 3.8) is 0 Å². The first-order valence-corrected chi connectivity index (χ1v) is 9.26. The minimum atomic E-state index is -3.69. The molecule has 0 saturated carbocycles. The molecule has 2 rings (SSSR count). The maximum Gasteiger partial charge on any atom is 0.253 e. The first-order valence-electron chi connectivity index (χ1n) is 7.78. The van der Waals surface area contributed by atoms with E-state index in [4.69, 9.17) is 0 Å². The molecule has 0 fully saturated rings. The van der Waals surface area contributed by atoms with Crippen molar-refractivity contribution < 1.29 is 13.2 Å². The average molecular weight is 362 g/mol. The highest BCUT2D eigenvalue weighted by Gasteiger charge is 2.16. The molecule has 25 heavy (non-hydrogen) atoms. The van der Waals surface area contributed by atoms with Crippen LogP contribution in [-0.4, -0.2) is 51.4 Å². The predicted molar refractivity (Wildman–Crippen MR) is 97.1 cm³/mol. The van der Waals surface area contributed by atoms with Gasteiger partial charge in [-0.25, -0.2) is 18.1 Å². The zero-order valence-corrected chi connectivity index (χ0v) is 15.3. The number of hydrogen-bond donors (Lipinski definition) is 2. The minimum absolute atomic E-state index is 0.0641. The summed E-state index contributed by atoms with van der Waals surface area (Å²) < 4.78 is 27.3. The van der Waals surface area contributed by atoms with Crippen LogP contribution in [0.3, 0.4) is 0 Å². The highest BCUT2D eigenvalue weighted by molar-refractivity contribution is 7.89. The number of aromatic nitrogens is 1. The number of anilines is 1. The van der Waals surface area contributed by atoms with Gasteiger partial charge in [0, 0.05) is 38.9 Å². The summed E-state index contributed by atoms with van der Waals surface area (Å²) in [5, 5.41) is 3.08. The monoisotopic (exact) mass is 362 g/mol. The van der Waals surface area contributed by atoms with E-state index in [1.807, 2.05) is 19.1 Å². The lowest BCUT2D eigenvalue weighted by Gasteiger charge is -2.12. The number of nitrogens with one attached hydrogen (secondary N) is 2. The zero-order valence-electron chi connectivity index (χ0n) is 14.5. The van der Waals surface area contributed by atoms with Crippen LogP contribution in [0.1, 0.15) is 15.9 Å². The normalized spacial score (nSPS) is 11.2. The van der Waals surface area contributed by atoms with Crippen LogP contribution in [0.4, 0.5) is 5.82 Å². The van der Waals surface area contributed by atoms with Crippen LogP contribution >= 0.6 is 0 Å². The van der Waals surface area contributed by atoms with Gasteiger partial charge in [-0.05, 0) is 36.8 Å². The molecule has 134 valence electrons. The number of rotatable bonds is 7. The third-order valence-electron chi connectivity index (χ3n) is 3.52. The third kappa shape index (κ3) is 5.01. The lowest BCUT2D eigenvalue weighted by Crippen LogP contribution is -2.29. The highest BCUT2D eigenvalue weighted by atomic mass is 32.2. The molecule has 2 aromatic rings. The lowest BCUT2D eigenvalue weighted by atomic mass is 10.2. The summed E-state index contributed by atoms with van der Waals surface area (Å²) in [6, 6.07) is 9.75. The summed E-state index contributed by atoms with van der Waals surface area (Å²) >= 11 is 0. The molecule has 0 radical (unpaired) electrons. The van der Waals surface area contributed by atoms with Gasteiger partial charge in [-0.1, -0.05) is 12.1 Å². The number of hydrogen-bond acceptors (Lipinski definition) is 5. The Kier molecular flexibility index (Phi) is 6.11. The molecule has 0 saturated heterocycles. The molecular formula is C17H22N4O3S. The molecule has 0 spiro atoms. The SMILES string of the molecule is Cc1cccnc1NCCNS(=O)(=O)c1cccc(C(=O)N(C)C)c1. The molecular weight excluding hydrogens is 340 g/mol.